The van der Waals surface area contributed by atoms with Crippen molar-refractivity contribution in [2.45, 2.75) is 40.2 Å². The lowest BCUT2D eigenvalue weighted by atomic mass is 10.2. The quantitative estimate of drug-likeness (QED) is 0.827. The number of halogens is 1. The minimum Gasteiger partial charge on any atom is -0.368 e. The van der Waals surface area contributed by atoms with Crippen molar-refractivity contribution in [1.82, 2.24) is 9.97 Å². The number of aromatic nitrogens is 2. The fourth-order valence-corrected chi connectivity index (χ4v) is 1.81. The lowest BCUT2D eigenvalue weighted by molar-refractivity contribution is -0.116. The molecule has 0 saturated carbocycles. The second-order valence-corrected chi connectivity index (χ2v) is 4.78. The number of hydrogen-bond donors (Lipinski definition) is 1. The van der Waals surface area contributed by atoms with Crippen LogP contribution in [-0.2, 0) is 11.2 Å². The van der Waals surface area contributed by atoms with E-state index in [0.717, 1.165) is 5.56 Å². The number of amides is 1. The molecule has 0 spiro atoms. The van der Waals surface area contributed by atoms with Gasteiger partial charge in [0.05, 0.1) is 6.54 Å². The summed E-state index contributed by atoms with van der Waals surface area (Å²) in [5, 5.41) is 0.423. The van der Waals surface area contributed by atoms with Gasteiger partial charge in [0.25, 0.3) is 0 Å². The van der Waals surface area contributed by atoms with Crippen molar-refractivity contribution in [2.24, 2.45) is 5.73 Å². The van der Waals surface area contributed by atoms with Gasteiger partial charge in [0.1, 0.15) is 16.8 Å². The van der Waals surface area contributed by atoms with Crippen LogP contribution in [0.3, 0.4) is 0 Å². The first kappa shape index (κ1) is 14.7. The van der Waals surface area contributed by atoms with E-state index in [1.54, 1.807) is 0 Å². The van der Waals surface area contributed by atoms with E-state index in [4.69, 9.17) is 17.3 Å². The Bertz CT molecular complexity index is 448. The maximum absolute atomic E-state index is 11.1. The van der Waals surface area contributed by atoms with Crippen LogP contribution in [0.15, 0.2) is 0 Å². The second kappa shape index (κ2) is 6.00. The lowest BCUT2D eigenvalue weighted by Crippen LogP contribution is -2.39. The summed E-state index contributed by atoms with van der Waals surface area (Å²) >= 11 is 6.09. The molecule has 0 aliphatic carbocycles. The molecule has 0 radical (unpaired) electrons. The normalized spacial score (nSPS) is 10.8. The zero-order chi connectivity index (χ0) is 13.9. The Kier molecular flexibility index (Phi) is 4.90. The fourth-order valence-electron chi connectivity index (χ4n) is 1.63. The number of nitrogens with zero attached hydrogens (tertiary/aromatic N) is 3. The molecule has 0 unspecified atom stereocenters. The molecule has 1 amide bonds. The predicted molar refractivity (Wildman–Crippen MR) is 72.8 cm³/mol. The summed E-state index contributed by atoms with van der Waals surface area (Å²) in [6, 6.07) is 0.104. The Hall–Kier alpha value is -1.36. The minimum atomic E-state index is -0.393. The molecule has 18 heavy (non-hydrogen) atoms. The minimum absolute atomic E-state index is 0.104. The van der Waals surface area contributed by atoms with Crippen molar-refractivity contribution in [2.75, 3.05) is 11.4 Å². The molecule has 0 saturated heterocycles. The van der Waals surface area contributed by atoms with E-state index in [2.05, 4.69) is 9.97 Å². The van der Waals surface area contributed by atoms with Gasteiger partial charge >= 0.3 is 0 Å². The molecule has 1 rings (SSSR count). The molecule has 5 nitrogen and oxygen atoms in total. The number of carbonyl (C=O) groups is 1. The number of rotatable bonds is 5. The summed E-state index contributed by atoms with van der Waals surface area (Å²) in [5.41, 5.74) is 6.04. The van der Waals surface area contributed by atoms with Crippen molar-refractivity contribution in [1.29, 1.82) is 0 Å². The van der Waals surface area contributed by atoms with Crippen LogP contribution >= 0.6 is 11.6 Å². The summed E-state index contributed by atoms with van der Waals surface area (Å²) in [6.07, 6.45) is 0.690. The highest BCUT2D eigenvalue weighted by molar-refractivity contribution is 6.30. The summed E-state index contributed by atoms with van der Waals surface area (Å²) in [6.45, 7) is 7.87. The third-order valence-electron chi connectivity index (χ3n) is 2.64. The van der Waals surface area contributed by atoms with E-state index in [9.17, 15) is 4.79 Å². The smallest absolute Gasteiger partial charge is 0.237 e. The van der Waals surface area contributed by atoms with Crippen LogP contribution in [0.4, 0.5) is 5.82 Å². The third kappa shape index (κ3) is 3.32. The van der Waals surface area contributed by atoms with E-state index < -0.39 is 5.91 Å². The number of nitrogens with two attached hydrogens (primary N) is 1. The van der Waals surface area contributed by atoms with Crippen LogP contribution in [-0.4, -0.2) is 28.5 Å². The summed E-state index contributed by atoms with van der Waals surface area (Å²) in [7, 11) is 0. The first-order valence-electron chi connectivity index (χ1n) is 5.94. The van der Waals surface area contributed by atoms with E-state index in [0.29, 0.717) is 23.2 Å². The molecule has 100 valence electrons. The van der Waals surface area contributed by atoms with Crippen LogP contribution in [0.2, 0.25) is 5.15 Å². The van der Waals surface area contributed by atoms with Gasteiger partial charge in [0, 0.05) is 18.0 Å². The first-order valence-corrected chi connectivity index (χ1v) is 6.32. The van der Waals surface area contributed by atoms with Gasteiger partial charge in [0.2, 0.25) is 5.91 Å². The molecule has 6 heteroatoms. The highest BCUT2D eigenvalue weighted by atomic mass is 35.5. The molecule has 1 aromatic heterocycles. The monoisotopic (exact) mass is 270 g/mol. The highest BCUT2D eigenvalue weighted by Gasteiger charge is 2.19. The van der Waals surface area contributed by atoms with Gasteiger partial charge in [-0.15, -0.1) is 0 Å². The van der Waals surface area contributed by atoms with Crippen molar-refractivity contribution < 1.29 is 4.79 Å². The van der Waals surface area contributed by atoms with Crippen LogP contribution in [0, 0.1) is 6.92 Å². The molecule has 0 atom stereocenters. The zero-order valence-electron chi connectivity index (χ0n) is 11.2. The third-order valence-corrected chi connectivity index (χ3v) is 3.01. The Morgan fingerprint density at radius 2 is 2.06 bits per heavy atom. The van der Waals surface area contributed by atoms with Gasteiger partial charge < -0.3 is 10.6 Å². The number of aryl methyl sites for hydroxylation is 1. The number of carbonyl (C=O) groups excluding carboxylic acids is 1. The standard InChI is InChI=1S/C12H19ClN4O/c1-5-10-15-11(13)8(4)12(16-10)17(7(2)3)6-9(14)18/h7H,5-6H2,1-4H3,(H2,14,18). The molecule has 1 heterocycles. The lowest BCUT2D eigenvalue weighted by Gasteiger charge is -2.28. The molecular formula is C12H19ClN4O. The Balaban J connectivity index is 3.26. The summed E-state index contributed by atoms with van der Waals surface area (Å²) in [4.78, 5) is 21.6. The molecule has 2 N–H and O–H groups in total. The average Bonchev–Trinajstić information content (AvgIpc) is 2.29. The topological polar surface area (TPSA) is 72.1 Å². The average molecular weight is 271 g/mol. The summed E-state index contributed by atoms with van der Waals surface area (Å²) in [5.74, 6) is 0.951. The predicted octanol–water partition coefficient (Wildman–Crippen LogP) is 1.70. The van der Waals surface area contributed by atoms with Gasteiger partial charge in [-0.25, -0.2) is 9.97 Å². The van der Waals surface area contributed by atoms with Crippen LogP contribution < -0.4 is 10.6 Å². The van der Waals surface area contributed by atoms with Gasteiger partial charge in [0.15, 0.2) is 0 Å². The largest absolute Gasteiger partial charge is 0.368 e. The molecule has 0 aromatic carbocycles. The number of primary amides is 1. The molecule has 1 aromatic rings. The zero-order valence-corrected chi connectivity index (χ0v) is 12.0. The maximum atomic E-state index is 11.1. The van der Waals surface area contributed by atoms with Crippen LogP contribution in [0.1, 0.15) is 32.2 Å². The van der Waals surface area contributed by atoms with Crippen LogP contribution in [0.25, 0.3) is 0 Å². The van der Waals surface area contributed by atoms with E-state index in [1.807, 2.05) is 32.6 Å². The van der Waals surface area contributed by atoms with Crippen LogP contribution in [0.5, 0.6) is 0 Å². The number of anilines is 1. The SMILES string of the molecule is CCc1nc(Cl)c(C)c(N(CC(N)=O)C(C)C)n1. The van der Waals surface area contributed by atoms with Crippen molar-refractivity contribution in [3.05, 3.63) is 16.5 Å². The Labute approximate surface area is 112 Å². The molecule has 0 aliphatic heterocycles. The molecule has 0 bridgehead atoms. The fraction of sp³-hybridized carbons (Fsp3) is 0.583. The van der Waals surface area contributed by atoms with E-state index in [-0.39, 0.29) is 12.6 Å². The van der Waals surface area contributed by atoms with Gasteiger partial charge in [-0.2, -0.15) is 0 Å². The number of hydrogen-bond acceptors (Lipinski definition) is 4. The van der Waals surface area contributed by atoms with E-state index >= 15 is 0 Å². The van der Waals surface area contributed by atoms with E-state index in [1.165, 1.54) is 0 Å². The van der Waals surface area contributed by atoms with Gasteiger partial charge in [-0.3, -0.25) is 4.79 Å². The Morgan fingerprint density at radius 3 is 2.50 bits per heavy atom. The van der Waals surface area contributed by atoms with Gasteiger partial charge in [-0.05, 0) is 20.8 Å². The van der Waals surface area contributed by atoms with Crippen molar-refractivity contribution >= 4 is 23.3 Å². The molecular weight excluding hydrogens is 252 g/mol. The highest BCUT2D eigenvalue weighted by Crippen LogP contribution is 2.24. The molecule has 0 fully saturated rings. The Morgan fingerprint density at radius 1 is 1.44 bits per heavy atom. The van der Waals surface area contributed by atoms with Crippen molar-refractivity contribution in [3.8, 4) is 0 Å². The maximum Gasteiger partial charge on any atom is 0.237 e. The van der Waals surface area contributed by atoms with Crippen molar-refractivity contribution in [3.63, 3.8) is 0 Å². The summed E-state index contributed by atoms with van der Waals surface area (Å²) < 4.78 is 0. The van der Waals surface area contributed by atoms with Gasteiger partial charge in [-0.1, -0.05) is 18.5 Å². The molecule has 0 aliphatic rings. The first-order chi connectivity index (χ1) is 8.36. The second-order valence-electron chi connectivity index (χ2n) is 4.42.